The molecule has 0 N–H and O–H groups in total. The third kappa shape index (κ3) is 4.64. The van der Waals surface area contributed by atoms with Gasteiger partial charge in [0, 0.05) is 5.41 Å². The Morgan fingerprint density at radius 1 is 1.11 bits per heavy atom. The van der Waals surface area contributed by atoms with E-state index in [9.17, 15) is 16.8 Å². The molecule has 8 heteroatoms. The third-order valence-corrected chi connectivity index (χ3v) is 8.75. The van der Waals surface area contributed by atoms with Crippen LogP contribution in [0.3, 0.4) is 0 Å². The second-order valence-electron chi connectivity index (χ2n) is 3.78. The molecular formula is C10H16O4S4. The van der Waals surface area contributed by atoms with Crippen molar-refractivity contribution in [3.63, 3.8) is 0 Å². The summed E-state index contributed by atoms with van der Waals surface area (Å²) in [5.41, 5.74) is 0. The van der Waals surface area contributed by atoms with Crippen LogP contribution < -0.4 is 0 Å². The normalized spacial score (nSPS) is 19.2. The summed E-state index contributed by atoms with van der Waals surface area (Å²) in [4.78, 5) is 0. The highest BCUT2D eigenvalue weighted by Crippen LogP contribution is 2.46. The second kappa shape index (κ2) is 6.49. The zero-order valence-electron chi connectivity index (χ0n) is 10.2. The molecule has 0 aliphatic carbocycles. The maximum Gasteiger partial charge on any atom is 0.185 e. The summed E-state index contributed by atoms with van der Waals surface area (Å²) in [5, 5.41) is 2.69. The van der Waals surface area contributed by atoms with Crippen molar-refractivity contribution in [1.29, 1.82) is 0 Å². The molecule has 4 nitrogen and oxygen atoms in total. The standard InChI is InChI=1S/C10H16O4S4/c1-3-5-17(11,12)8-9-15-7-10(16-9)18(13,14)6-4-2/h7-8H,3-6H2,1-2H3/b9-8-. The molecule has 0 aromatic carbocycles. The van der Waals surface area contributed by atoms with Gasteiger partial charge in [0.2, 0.25) is 0 Å². The quantitative estimate of drug-likeness (QED) is 0.747. The molecule has 0 unspecified atom stereocenters. The molecule has 1 heterocycles. The van der Waals surface area contributed by atoms with Crippen LogP contribution in [-0.4, -0.2) is 28.3 Å². The Morgan fingerprint density at radius 3 is 2.28 bits per heavy atom. The van der Waals surface area contributed by atoms with Crippen molar-refractivity contribution in [2.24, 2.45) is 0 Å². The fraction of sp³-hybridized carbons (Fsp3) is 0.600. The first-order chi connectivity index (χ1) is 8.30. The first-order valence-electron chi connectivity index (χ1n) is 5.52. The number of sulfone groups is 2. The van der Waals surface area contributed by atoms with E-state index in [0.717, 1.165) is 23.5 Å². The van der Waals surface area contributed by atoms with Crippen LogP contribution in [0.2, 0.25) is 0 Å². The highest BCUT2D eigenvalue weighted by atomic mass is 32.3. The number of hydrogen-bond acceptors (Lipinski definition) is 6. The van der Waals surface area contributed by atoms with Crippen molar-refractivity contribution in [1.82, 2.24) is 0 Å². The third-order valence-electron chi connectivity index (χ3n) is 2.02. The van der Waals surface area contributed by atoms with E-state index in [2.05, 4.69) is 0 Å². The van der Waals surface area contributed by atoms with Gasteiger partial charge in [-0.25, -0.2) is 16.8 Å². The molecule has 0 atom stereocenters. The minimum atomic E-state index is -3.24. The molecule has 0 saturated carbocycles. The van der Waals surface area contributed by atoms with E-state index in [0.29, 0.717) is 17.1 Å². The highest BCUT2D eigenvalue weighted by molar-refractivity contribution is 8.34. The summed E-state index contributed by atoms with van der Waals surface area (Å²) in [5.74, 6) is 0.191. The van der Waals surface area contributed by atoms with Crippen LogP contribution in [0, 0.1) is 0 Å². The largest absolute Gasteiger partial charge is 0.224 e. The maximum absolute atomic E-state index is 11.8. The zero-order valence-corrected chi connectivity index (χ0v) is 13.5. The first-order valence-corrected chi connectivity index (χ1v) is 10.6. The van der Waals surface area contributed by atoms with Crippen LogP contribution in [0.4, 0.5) is 0 Å². The Morgan fingerprint density at radius 2 is 1.72 bits per heavy atom. The highest BCUT2D eigenvalue weighted by Gasteiger charge is 2.25. The number of thioether (sulfide) groups is 2. The summed E-state index contributed by atoms with van der Waals surface area (Å²) < 4.78 is 47.5. The van der Waals surface area contributed by atoms with Gasteiger partial charge in [-0.05, 0) is 12.8 Å². The molecule has 0 aromatic rings. The average molecular weight is 329 g/mol. The van der Waals surface area contributed by atoms with Gasteiger partial charge in [-0.3, -0.25) is 0 Å². The van der Waals surface area contributed by atoms with Gasteiger partial charge < -0.3 is 0 Å². The lowest BCUT2D eigenvalue weighted by Crippen LogP contribution is -2.05. The van der Waals surface area contributed by atoms with Crippen LogP contribution >= 0.6 is 23.5 Å². The molecular weight excluding hydrogens is 312 g/mol. The van der Waals surface area contributed by atoms with Gasteiger partial charge in [-0.15, -0.1) is 0 Å². The maximum atomic E-state index is 11.8. The van der Waals surface area contributed by atoms with Gasteiger partial charge >= 0.3 is 0 Å². The Bertz CT molecular complexity index is 555. The van der Waals surface area contributed by atoms with Crippen LogP contribution in [0.15, 0.2) is 19.3 Å². The van der Waals surface area contributed by atoms with Crippen molar-refractivity contribution >= 4 is 43.2 Å². The van der Waals surface area contributed by atoms with Gasteiger partial charge in [0.1, 0.15) is 4.24 Å². The Hall–Kier alpha value is 0.0800. The average Bonchev–Trinajstić information content (AvgIpc) is 2.65. The van der Waals surface area contributed by atoms with E-state index in [1.165, 1.54) is 10.8 Å². The van der Waals surface area contributed by atoms with Crippen LogP contribution in [0.5, 0.6) is 0 Å². The topological polar surface area (TPSA) is 68.3 Å². The minimum Gasteiger partial charge on any atom is -0.224 e. The van der Waals surface area contributed by atoms with E-state index in [1.54, 1.807) is 13.8 Å². The van der Waals surface area contributed by atoms with Gasteiger partial charge in [0.25, 0.3) is 0 Å². The smallest absolute Gasteiger partial charge is 0.185 e. The molecule has 18 heavy (non-hydrogen) atoms. The first kappa shape index (κ1) is 16.1. The summed E-state index contributed by atoms with van der Waals surface area (Å²) in [6.45, 7) is 3.59. The zero-order chi connectivity index (χ0) is 13.8. The van der Waals surface area contributed by atoms with Gasteiger partial charge in [0.05, 0.1) is 21.2 Å². The molecule has 0 amide bonds. The van der Waals surface area contributed by atoms with Crippen LogP contribution in [0.25, 0.3) is 0 Å². The summed E-state index contributed by atoms with van der Waals surface area (Å²) in [7, 11) is -6.47. The predicted octanol–water partition coefficient (Wildman–Crippen LogP) is 2.71. The molecule has 0 bridgehead atoms. The molecule has 1 aliphatic heterocycles. The summed E-state index contributed by atoms with van der Waals surface area (Å²) in [6.07, 6.45) is 1.11. The molecule has 104 valence electrons. The van der Waals surface area contributed by atoms with Crippen molar-refractivity contribution in [3.05, 3.63) is 19.3 Å². The van der Waals surface area contributed by atoms with E-state index in [4.69, 9.17) is 0 Å². The summed E-state index contributed by atoms with van der Waals surface area (Å²) in [6, 6.07) is 0. The molecule has 0 fully saturated rings. The van der Waals surface area contributed by atoms with Crippen molar-refractivity contribution in [2.45, 2.75) is 26.7 Å². The molecule has 0 aromatic heterocycles. The van der Waals surface area contributed by atoms with Crippen molar-refractivity contribution in [2.75, 3.05) is 11.5 Å². The fourth-order valence-electron chi connectivity index (χ4n) is 1.30. The monoisotopic (exact) mass is 328 g/mol. The predicted molar refractivity (Wildman–Crippen MR) is 79.5 cm³/mol. The molecule has 0 saturated heterocycles. The SMILES string of the molecule is CCCS(=O)(=O)/C=C1/SC=C(S(=O)(=O)CCC)S1. The van der Waals surface area contributed by atoms with E-state index < -0.39 is 19.7 Å². The van der Waals surface area contributed by atoms with Gasteiger partial charge in [-0.1, -0.05) is 37.4 Å². The van der Waals surface area contributed by atoms with Crippen LogP contribution in [-0.2, 0) is 19.7 Å². The van der Waals surface area contributed by atoms with E-state index in [1.807, 2.05) is 0 Å². The van der Waals surface area contributed by atoms with Crippen LogP contribution in [0.1, 0.15) is 26.7 Å². The lowest BCUT2D eigenvalue weighted by Gasteiger charge is -2.02. The van der Waals surface area contributed by atoms with Gasteiger partial charge in [-0.2, -0.15) is 0 Å². The lowest BCUT2D eigenvalue weighted by molar-refractivity contribution is 0.601. The Labute approximate surface area is 117 Å². The second-order valence-corrected chi connectivity index (χ2v) is 10.3. The molecule has 1 aliphatic rings. The minimum absolute atomic E-state index is 0.0919. The fourth-order valence-corrected chi connectivity index (χ4v) is 7.58. The Kier molecular flexibility index (Phi) is 5.82. The summed E-state index contributed by atoms with van der Waals surface area (Å²) >= 11 is 2.19. The van der Waals surface area contributed by atoms with Crippen molar-refractivity contribution in [3.8, 4) is 0 Å². The Balaban J connectivity index is 2.80. The van der Waals surface area contributed by atoms with E-state index in [-0.39, 0.29) is 15.7 Å². The van der Waals surface area contributed by atoms with Crippen molar-refractivity contribution < 1.29 is 16.8 Å². The molecule has 0 radical (unpaired) electrons. The number of hydrogen-bond donors (Lipinski definition) is 0. The van der Waals surface area contributed by atoms with E-state index >= 15 is 0 Å². The lowest BCUT2D eigenvalue weighted by atomic mass is 10.6. The molecule has 1 rings (SSSR count). The van der Waals surface area contributed by atoms with Gasteiger partial charge in [0.15, 0.2) is 19.7 Å². The number of rotatable bonds is 6. The molecule has 0 spiro atoms.